The molecule has 4 heteroatoms. The van der Waals surface area contributed by atoms with Crippen LogP contribution in [0.5, 0.6) is 0 Å². The molecule has 2 aliphatic carbocycles. The molecule has 3 rings (SSSR count). The first-order valence-electron chi connectivity index (χ1n) is 9.74. The Labute approximate surface area is 139 Å². The van der Waals surface area contributed by atoms with Crippen molar-refractivity contribution in [3.8, 4) is 0 Å². The summed E-state index contributed by atoms with van der Waals surface area (Å²) in [5, 5.41) is 0. The molecule has 0 aromatic heterocycles. The van der Waals surface area contributed by atoms with Gasteiger partial charge in [0.1, 0.15) is 12.0 Å². The minimum Gasteiger partial charge on any atom is -0.377 e. The van der Waals surface area contributed by atoms with Crippen LogP contribution in [-0.4, -0.2) is 49.2 Å². The van der Waals surface area contributed by atoms with E-state index in [0.717, 1.165) is 51.7 Å². The number of ether oxygens (including phenoxy) is 1. The summed E-state index contributed by atoms with van der Waals surface area (Å²) in [6.45, 7) is 4.35. The van der Waals surface area contributed by atoms with Crippen molar-refractivity contribution < 1.29 is 13.9 Å². The first-order chi connectivity index (χ1) is 11.2. The second-order valence-electron chi connectivity index (χ2n) is 7.74. The highest BCUT2D eigenvalue weighted by atomic mass is 19.1. The molecular formula is C19H32FNO2. The normalized spacial score (nSPS) is 36.2. The highest BCUT2D eigenvalue weighted by molar-refractivity contribution is 5.83. The van der Waals surface area contributed by atoms with Gasteiger partial charge in [0.2, 0.25) is 0 Å². The van der Waals surface area contributed by atoms with E-state index < -0.39 is 6.17 Å². The fourth-order valence-corrected chi connectivity index (χ4v) is 4.54. The molecule has 0 spiro atoms. The lowest BCUT2D eigenvalue weighted by molar-refractivity contribution is -0.130. The highest BCUT2D eigenvalue weighted by Crippen LogP contribution is 2.34. The number of rotatable bonds is 6. The molecule has 3 fully saturated rings. The first-order valence-corrected chi connectivity index (χ1v) is 9.74. The van der Waals surface area contributed by atoms with Gasteiger partial charge in [0.15, 0.2) is 0 Å². The summed E-state index contributed by atoms with van der Waals surface area (Å²) in [6.07, 6.45) is 9.06. The van der Waals surface area contributed by atoms with E-state index in [4.69, 9.17) is 4.74 Å². The van der Waals surface area contributed by atoms with E-state index in [1.165, 1.54) is 25.9 Å². The molecule has 0 atom stereocenters. The number of ketones is 1. The van der Waals surface area contributed by atoms with Gasteiger partial charge in [-0.1, -0.05) is 0 Å². The Hall–Kier alpha value is -0.480. The molecule has 1 aliphatic heterocycles. The smallest absolute Gasteiger partial charge is 0.139 e. The van der Waals surface area contributed by atoms with Gasteiger partial charge in [-0.15, -0.1) is 0 Å². The largest absolute Gasteiger partial charge is 0.377 e. The van der Waals surface area contributed by atoms with Crippen molar-refractivity contribution in [2.75, 3.05) is 26.2 Å². The summed E-state index contributed by atoms with van der Waals surface area (Å²) in [4.78, 5) is 15.1. The van der Waals surface area contributed by atoms with Crippen LogP contribution >= 0.6 is 0 Å². The topological polar surface area (TPSA) is 29.5 Å². The van der Waals surface area contributed by atoms with Gasteiger partial charge in [-0.2, -0.15) is 0 Å². The van der Waals surface area contributed by atoms with Crippen LogP contribution in [0.3, 0.4) is 0 Å². The average Bonchev–Trinajstić information content (AvgIpc) is 3.09. The Morgan fingerprint density at radius 3 is 2.09 bits per heavy atom. The number of halogens is 1. The van der Waals surface area contributed by atoms with Gasteiger partial charge in [0.05, 0.1) is 12.7 Å². The Kier molecular flexibility index (Phi) is 6.46. The summed E-state index contributed by atoms with van der Waals surface area (Å²) < 4.78 is 19.2. The van der Waals surface area contributed by atoms with Gasteiger partial charge in [-0.25, -0.2) is 4.39 Å². The van der Waals surface area contributed by atoms with Crippen LogP contribution in [0.25, 0.3) is 0 Å². The zero-order valence-electron chi connectivity index (χ0n) is 14.4. The molecule has 0 radical (unpaired) electrons. The van der Waals surface area contributed by atoms with Gasteiger partial charge < -0.3 is 9.64 Å². The van der Waals surface area contributed by atoms with E-state index in [1.807, 2.05) is 0 Å². The van der Waals surface area contributed by atoms with E-state index in [9.17, 15) is 9.18 Å². The summed E-state index contributed by atoms with van der Waals surface area (Å²) in [5.74, 6) is 0.779. The maximum Gasteiger partial charge on any atom is 0.139 e. The Balaban J connectivity index is 1.32. The Morgan fingerprint density at radius 2 is 1.48 bits per heavy atom. The lowest BCUT2D eigenvalue weighted by Gasteiger charge is -2.32. The van der Waals surface area contributed by atoms with Crippen molar-refractivity contribution in [2.45, 2.75) is 76.5 Å². The van der Waals surface area contributed by atoms with Crippen molar-refractivity contribution >= 4 is 5.78 Å². The molecule has 1 saturated heterocycles. The predicted molar refractivity (Wildman–Crippen MR) is 89.2 cm³/mol. The van der Waals surface area contributed by atoms with Crippen LogP contribution < -0.4 is 0 Å². The third kappa shape index (κ3) is 4.99. The van der Waals surface area contributed by atoms with Crippen LogP contribution in [-0.2, 0) is 9.53 Å². The zero-order chi connectivity index (χ0) is 16.1. The van der Waals surface area contributed by atoms with Gasteiger partial charge >= 0.3 is 0 Å². The second kappa shape index (κ2) is 8.57. The molecular weight excluding hydrogens is 293 g/mol. The quantitative estimate of drug-likeness (QED) is 0.745. The highest BCUT2D eigenvalue weighted by Gasteiger charge is 2.33. The van der Waals surface area contributed by atoms with Gasteiger partial charge in [0.25, 0.3) is 0 Å². The third-order valence-electron chi connectivity index (χ3n) is 6.10. The van der Waals surface area contributed by atoms with Crippen molar-refractivity contribution in [3.05, 3.63) is 0 Å². The maximum absolute atomic E-state index is 13.2. The van der Waals surface area contributed by atoms with Crippen LogP contribution in [0.15, 0.2) is 0 Å². The molecule has 0 amide bonds. The standard InChI is InChI=1S/C19H32FNO2/c20-17-7-3-15(4-8-17)19(22)16-5-9-18(10-6-16)23-14-13-21-11-1-2-12-21/h15-18H,1-14H2. The van der Waals surface area contributed by atoms with E-state index in [0.29, 0.717) is 24.7 Å². The van der Waals surface area contributed by atoms with Gasteiger partial charge in [0, 0.05) is 18.4 Å². The van der Waals surface area contributed by atoms with Crippen LogP contribution in [0.1, 0.15) is 64.2 Å². The minimum atomic E-state index is -0.668. The fraction of sp³-hybridized carbons (Fsp3) is 0.947. The second-order valence-corrected chi connectivity index (χ2v) is 7.74. The number of hydrogen-bond donors (Lipinski definition) is 0. The number of hydrogen-bond acceptors (Lipinski definition) is 3. The van der Waals surface area contributed by atoms with Crippen LogP contribution in [0, 0.1) is 11.8 Å². The summed E-state index contributed by atoms with van der Waals surface area (Å²) in [6, 6.07) is 0. The molecule has 0 bridgehead atoms. The SMILES string of the molecule is O=C(C1CCC(F)CC1)C1CCC(OCCN2CCCC2)CC1. The minimum absolute atomic E-state index is 0.139. The first kappa shape index (κ1) is 17.3. The molecule has 3 nitrogen and oxygen atoms in total. The Morgan fingerprint density at radius 1 is 0.913 bits per heavy atom. The molecule has 0 N–H and O–H groups in total. The van der Waals surface area contributed by atoms with Crippen molar-refractivity contribution in [1.29, 1.82) is 0 Å². The van der Waals surface area contributed by atoms with E-state index >= 15 is 0 Å². The zero-order valence-corrected chi connectivity index (χ0v) is 14.4. The number of likely N-dealkylation sites (tertiary alicyclic amines) is 1. The number of nitrogens with zero attached hydrogens (tertiary/aromatic N) is 1. The molecule has 132 valence electrons. The maximum atomic E-state index is 13.2. The number of alkyl halides is 1. The molecule has 0 aromatic carbocycles. The average molecular weight is 325 g/mol. The van der Waals surface area contributed by atoms with E-state index in [-0.39, 0.29) is 11.8 Å². The molecule has 1 heterocycles. The molecule has 0 unspecified atom stereocenters. The van der Waals surface area contributed by atoms with Crippen molar-refractivity contribution in [1.82, 2.24) is 4.90 Å². The van der Waals surface area contributed by atoms with Crippen molar-refractivity contribution in [3.63, 3.8) is 0 Å². The summed E-state index contributed by atoms with van der Waals surface area (Å²) >= 11 is 0. The monoisotopic (exact) mass is 325 g/mol. The molecule has 23 heavy (non-hydrogen) atoms. The number of Topliss-reactive ketones (excluding diaryl/α,β-unsaturated/α-hetero) is 1. The predicted octanol–water partition coefficient (Wildman–Crippen LogP) is 3.76. The van der Waals surface area contributed by atoms with Crippen LogP contribution in [0.2, 0.25) is 0 Å². The lowest BCUT2D eigenvalue weighted by Crippen LogP contribution is -2.33. The molecule has 0 aromatic rings. The molecule has 3 aliphatic rings. The third-order valence-corrected chi connectivity index (χ3v) is 6.10. The molecule has 2 saturated carbocycles. The fourth-order valence-electron chi connectivity index (χ4n) is 4.54. The Bertz CT molecular complexity index is 368. The van der Waals surface area contributed by atoms with E-state index in [1.54, 1.807) is 0 Å². The van der Waals surface area contributed by atoms with Crippen molar-refractivity contribution in [2.24, 2.45) is 11.8 Å². The van der Waals surface area contributed by atoms with Gasteiger partial charge in [-0.3, -0.25) is 4.79 Å². The summed E-state index contributed by atoms with van der Waals surface area (Å²) in [5.41, 5.74) is 0. The van der Waals surface area contributed by atoms with Crippen LogP contribution in [0.4, 0.5) is 4.39 Å². The lowest BCUT2D eigenvalue weighted by atomic mass is 9.76. The van der Waals surface area contributed by atoms with Gasteiger partial charge in [-0.05, 0) is 77.3 Å². The summed E-state index contributed by atoms with van der Waals surface area (Å²) in [7, 11) is 0. The number of carbonyl (C=O) groups excluding carboxylic acids is 1. The number of carbonyl (C=O) groups is 1. The van der Waals surface area contributed by atoms with E-state index in [2.05, 4.69) is 4.90 Å².